The zero-order valence-corrected chi connectivity index (χ0v) is 7.72. The third-order valence-corrected chi connectivity index (χ3v) is 3.09. The van der Waals surface area contributed by atoms with Crippen LogP contribution in [-0.2, 0) is 4.18 Å². The van der Waals surface area contributed by atoms with Crippen LogP contribution in [0.15, 0.2) is 24.1 Å². The van der Waals surface area contributed by atoms with Crippen LogP contribution in [0.5, 0.6) is 0 Å². The van der Waals surface area contributed by atoms with E-state index in [9.17, 15) is 0 Å². The molecule has 1 fully saturated rings. The fraction of sp³-hybridized carbons (Fsp3) is 0.444. The fourth-order valence-corrected chi connectivity index (χ4v) is 2.31. The molecule has 1 unspecified atom stereocenters. The molecule has 2 heterocycles. The normalized spacial score (nSPS) is 23.5. The second kappa shape index (κ2) is 4.10. The van der Waals surface area contributed by atoms with E-state index in [1.807, 2.05) is 0 Å². The molecular weight excluding hydrogens is 167 g/mol. The molecule has 0 amide bonds. The molecule has 1 aliphatic heterocycles. The van der Waals surface area contributed by atoms with E-state index >= 15 is 0 Å². The monoisotopic (exact) mass is 178 g/mol. The number of hydrogen-bond donors (Lipinski definition) is 0. The first-order chi connectivity index (χ1) is 5.97. The van der Waals surface area contributed by atoms with Crippen LogP contribution < -0.4 is 0 Å². The van der Waals surface area contributed by atoms with Gasteiger partial charge in [0, 0.05) is 0 Å². The van der Waals surface area contributed by atoms with Gasteiger partial charge in [0.1, 0.15) is 0 Å². The minimum absolute atomic E-state index is 0.556. The van der Waals surface area contributed by atoms with Crippen LogP contribution in [0, 0.1) is 0 Å². The van der Waals surface area contributed by atoms with Crippen LogP contribution in [0.4, 0.5) is 0 Å². The molecule has 1 aromatic heterocycles. The molecule has 0 aromatic carbocycles. The van der Waals surface area contributed by atoms with Gasteiger partial charge in [-0.1, -0.05) is 0 Å². The van der Waals surface area contributed by atoms with Crippen molar-refractivity contribution in [3.8, 4) is 0 Å². The Kier molecular flexibility index (Phi) is 2.85. The SMILES string of the molecule is b1ccc(C2CCCOS2)cc1. The molecule has 1 saturated heterocycles. The third kappa shape index (κ3) is 1.90. The second-order valence-corrected chi connectivity index (χ2v) is 3.96. The molecule has 0 N–H and O–H groups in total. The molecule has 0 radical (unpaired) electrons. The van der Waals surface area contributed by atoms with Crippen LogP contribution in [0.3, 0.4) is 0 Å². The first-order valence-corrected chi connectivity index (χ1v) is 5.10. The topological polar surface area (TPSA) is 9.23 Å². The predicted octanol–water partition coefficient (Wildman–Crippen LogP) is 2.52. The van der Waals surface area contributed by atoms with Gasteiger partial charge in [-0.3, -0.25) is 0 Å². The molecule has 0 spiro atoms. The standard InChI is InChI=1S/C9H11BOS/c1-2-9(12-11-7-1)8-3-5-10-6-4-8/h3-6,9H,1-2,7H2. The fourth-order valence-electron chi connectivity index (χ4n) is 1.40. The number of hydrogen-bond acceptors (Lipinski definition) is 2. The van der Waals surface area contributed by atoms with Crippen molar-refractivity contribution in [2.24, 2.45) is 0 Å². The van der Waals surface area contributed by atoms with Gasteiger partial charge in [-0.05, 0) is 0 Å². The van der Waals surface area contributed by atoms with E-state index in [0.717, 1.165) is 6.61 Å². The van der Waals surface area contributed by atoms with E-state index in [4.69, 9.17) is 4.18 Å². The van der Waals surface area contributed by atoms with Crippen molar-refractivity contribution in [1.82, 2.24) is 0 Å². The van der Waals surface area contributed by atoms with Crippen LogP contribution >= 0.6 is 12.0 Å². The molecule has 1 nitrogen and oxygen atoms in total. The maximum atomic E-state index is 5.35. The van der Waals surface area contributed by atoms with Crippen molar-refractivity contribution < 1.29 is 4.18 Å². The zero-order valence-electron chi connectivity index (χ0n) is 6.90. The Labute approximate surface area is 77.9 Å². The van der Waals surface area contributed by atoms with Gasteiger partial charge in [-0.2, -0.15) is 0 Å². The Bertz CT molecular complexity index is 234. The van der Waals surface area contributed by atoms with Gasteiger partial charge in [0.2, 0.25) is 0 Å². The summed E-state index contributed by atoms with van der Waals surface area (Å²) in [7, 11) is 0. The van der Waals surface area contributed by atoms with E-state index < -0.39 is 0 Å². The van der Waals surface area contributed by atoms with Gasteiger partial charge in [-0.25, -0.2) is 0 Å². The molecule has 0 bridgehead atoms. The van der Waals surface area contributed by atoms with Crippen molar-refractivity contribution >= 4 is 19.0 Å². The van der Waals surface area contributed by atoms with Gasteiger partial charge in [-0.15, -0.1) is 0 Å². The van der Waals surface area contributed by atoms with Crippen molar-refractivity contribution in [3.63, 3.8) is 0 Å². The Morgan fingerprint density at radius 3 is 2.92 bits per heavy atom. The van der Waals surface area contributed by atoms with Gasteiger partial charge >= 0.3 is 77.5 Å². The summed E-state index contributed by atoms with van der Waals surface area (Å²) in [5.41, 5.74) is 1.39. The molecule has 1 aromatic rings. The predicted molar refractivity (Wildman–Crippen MR) is 53.3 cm³/mol. The summed E-state index contributed by atoms with van der Waals surface area (Å²) in [6.45, 7) is 2.96. The molecule has 2 rings (SSSR count). The Balaban J connectivity index is 2.08. The average molecular weight is 178 g/mol. The molecule has 62 valence electrons. The Hall–Kier alpha value is -0.275. The summed E-state index contributed by atoms with van der Waals surface area (Å²) in [5.74, 6) is 4.18. The van der Waals surface area contributed by atoms with Crippen molar-refractivity contribution in [3.05, 3.63) is 29.6 Å². The van der Waals surface area contributed by atoms with E-state index in [1.165, 1.54) is 18.4 Å². The molecule has 0 aliphatic carbocycles. The molecule has 0 saturated carbocycles. The van der Waals surface area contributed by atoms with E-state index in [1.54, 1.807) is 12.0 Å². The Morgan fingerprint density at radius 2 is 2.25 bits per heavy atom. The quantitative estimate of drug-likeness (QED) is 0.611. The van der Waals surface area contributed by atoms with Crippen LogP contribution in [0.2, 0.25) is 0 Å². The molecular formula is C9H11BOS. The average Bonchev–Trinajstić information content (AvgIpc) is 2.21. The molecule has 12 heavy (non-hydrogen) atoms. The Morgan fingerprint density at radius 1 is 1.42 bits per heavy atom. The van der Waals surface area contributed by atoms with E-state index in [-0.39, 0.29) is 0 Å². The van der Waals surface area contributed by atoms with Crippen molar-refractivity contribution in [2.45, 2.75) is 18.1 Å². The van der Waals surface area contributed by atoms with Crippen molar-refractivity contribution in [2.75, 3.05) is 6.61 Å². The summed E-state index contributed by atoms with van der Waals surface area (Å²) in [5, 5.41) is 0.556. The van der Waals surface area contributed by atoms with Crippen LogP contribution in [0.25, 0.3) is 0 Å². The van der Waals surface area contributed by atoms with Crippen molar-refractivity contribution in [1.29, 1.82) is 0 Å². The molecule has 1 atom stereocenters. The van der Waals surface area contributed by atoms with Gasteiger partial charge in [0.25, 0.3) is 0 Å². The summed E-state index contributed by atoms with van der Waals surface area (Å²) >= 11 is 1.62. The van der Waals surface area contributed by atoms with Crippen LogP contribution in [-0.4, -0.2) is 13.5 Å². The van der Waals surface area contributed by atoms with Gasteiger partial charge in [0.05, 0.1) is 0 Å². The summed E-state index contributed by atoms with van der Waals surface area (Å²) in [6, 6.07) is 4.35. The number of rotatable bonds is 1. The zero-order chi connectivity index (χ0) is 8.23. The third-order valence-electron chi connectivity index (χ3n) is 2.05. The van der Waals surface area contributed by atoms with E-state index in [2.05, 4.69) is 31.0 Å². The first-order valence-electron chi connectivity index (χ1n) is 4.30. The van der Waals surface area contributed by atoms with Gasteiger partial charge < -0.3 is 0 Å². The molecule has 3 heteroatoms. The maximum absolute atomic E-state index is 5.35. The van der Waals surface area contributed by atoms with E-state index in [0.29, 0.717) is 5.25 Å². The first kappa shape index (κ1) is 8.33. The summed E-state index contributed by atoms with van der Waals surface area (Å²) < 4.78 is 5.35. The second-order valence-electron chi connectivity index (χ2n) is 2.96. The van der Waals surface area contributed by atoms with Gasteiger partial charge in [0.15, 0.2) is 0 Å². The molecule has 1 aliphatic rings. The minimum atomic E-state index is 0.556. The van der Waals surface area contributed by atoms with Crippen LogP contribution in [0.1, 0.15) is 23.7 Å². The summed E-state index contributed by atoms with van der Waals surface area (Å²) in [4.78, 5) is 0. The summed E-state index contributed by atoms with van der Waals surface area (Å²) in [6.07, 6.45) is 2.43.